The van der Waals surface area contributed by atoms with Gasteiger partial charge in [-0.3, -0.25) is 9.36 Å². The number of aromatic nitrogens is 4. The zero-order chi connectivity index (χ0) is 23.5. The monoisotopic (exact) mass is 546 g/mol. The lowest BCUT2D eigenvalue weighted by Gasteiger charge is -2.10. The van der Waals surface area contributed by atoms with E-state index in [1.165, 1.54) is 11.6 Å². The number of rotatable bonds is 6. The van der Waals surface area contributed by atoms with Crippen molar-refractivity contribution in [3.05, 3.63) is 92.6 Å². The molecule has 170 valence electrons. The number of aryl methyl sites for hydroxylation is 1. The second kappa shape index (κ2) is 10.0. The third kappa shape index (κ3) is 5.43. The molecule has 0 radical (unpaired) electrons. The fraction of sp³-hybridized carbons (Fsp3) is 0.174. The van der Waals surface area contributed by atoms with Crippen molar-refractivity contribution in [2.75, 3.05) is 10.6 Å². The molecular weight excluding hydrogens is 527 g/mol. The van der Waals surface area contributed by atoms with Gasteiger partial charge >= 0.3 is 0 Å². The van der Waals surface area contributed by atoms with Crippen LogP contribution in [-0.4, -0.2) is 24.7 Å². The Labute approximate surface area is 209 Å². The molecule has 2 aromatic heterocycles. The molecule has 2 aromatic carbocycles. The van der Waals surface area contributed by atoms with E-state index >= 15 is 0 Å². The van der Waals surface area contributed by atoms with Crippen LogP contribution >= 0.6 is 39.7 Å². The van der Waals surface area contributed by atoms with Gasteiger partial charge in [-0.15, -0.1) is 0 Å². The molecule has 0 fully saturated rings. The molecule has 0 saturated carbocycles. The first-order valence-corrected chi connectivity index (χ1v) is 11.7. The van der Waals surface area contributed by atoms with E-state index in [0.717, 1.165) is 17.1 Å². The third-order valence-electron chi connectivity index (χ3n) is 5.13. The van der Waals surface area contributed by atoms with Crippen LogP contribution in [-0.2, 0) is 13.1 Å². The molecule has 4 aromatic rings. The van der Waals surface area contributed by atoms with Crippen molar-refractivity contribution in [2.24, 2.45) is 0 Å². The van der Waals surface area contributed by atoms with Gasteiger partial charge < -0.3 is 10.6 Å². The van der Waals surface area contributed by atoms with Crippen molar-refractivity contribution in [1.29, 1.82) is 0 Å². The highest BCUT2D eigenvalue weighted by atomic mass is 79.9. The lowest BCUT2D eigenvalue weighted by molar-refractivity contribution is 0.586. The fourth-order valence-electron chi connectivity index (χ4n) is 3.45. The van der Waals surface area contributed by atoms with Crippen LogP contribution in [0.4, 0.5) is 15.9 Å². The molecule has 6 nitrogen and oxygen atoms in total. The van der Waals surface area contributed by atoms with Gasteiger partial charge in [-0.25, -0.2) is 4.39 Å². The van der Waals surface area contributed by atoms with E-state index in [0.29, 0.717) is 32.5 Å². The summed E-state index contributed by atoms with van der Waals surface area (Å²) in [6.07, 6.45) is 1.74. The van der Waals surface area contributed by atoms with Crippen molar-refractivity contribution < 1.29 is 4.39 Å². The maximum absolute atomic E-state index is 14.1. The van der Waals surface area contributed by atoms with Gasteiger partial charge in [0.05, 0.1) is 34.6 Å². The Bertz CT molecular complexity index is 1280. The summed E-state index contributed by atoms with van der Waals surface area (Å²) in [5, 5.41) is 16.1. The maximum Gasteiger partial charge on any atom is 0.176 e. The van der Waals surface area contributed by atoms with Gasteiger partial charge in [-0.2, -0.15) is 10.2 Å². The predicted octanol–water partition coefficient (Wildman–Crippen LogP) is 6.16. The number of nitrogens with zero attached hydrogens (tertiary/aromatic N) is 4. The van der Waals surface area contributed by atoms with Gasteiger partial charge in [-0.1, -0.05) is 48.0 Å². The van der Waals surface area contributed by atoms with Gasteiger partial charge in [0, 0.05) is 16.8 Å². The van der Waals surface area contributed by atoms with Gasteiger partial charge in [0.15, 0.2) is 10.9 Å². The minimum Gasteiger partial charge on any atom is -0.329 e. The number of thiocarbonyl (C=S) groups is 1. The van der Waals surface area contributed by atoms with Gasteiger partial charge in [0.2, 0.25) is 0 Å². The highest BCUT2D eigenvalue weighted by Gasteiger charge is 2.16. The second-order valence-electron chi connectivity index (χ2n) is 7.49. The Morgan fingerprint density at radius 2 is 1.82 bits per heavy atom. The molecule has 33 heavy (non-hydrogen) atoms. The predicted molar refractivity (Wildman–Crippen MR) is 138 cm³/mol. The van der Waals surface area contributed by atoms with Crippen molar-refractivity contribution in [3.63, 3.8) is 0 Å². The number of anilines is 2. The van der Waals surface area contributed by atoms with E-state index in [2.05, 4.69) is 48.9 Å². The van der Waals surface area contributed by atoms with E-state index < -0.39 is 0 Å². The zero-order valence-corrected chi connectivity index (χ0v) is 21.1. The average molecular weight is 548 g/mol. The molecule has 0 unspecified atom stereocenters. The molecule has 0 amide bonds. The average Bonchev–Trinajstić information content (AvgIpc) is 3.25. The van der Waals surface area contributed by atoms with E-state index in [1.54, 1.807) is 23.0 Å². The molecule has 0 spiro atoms. The first kappa shape index (κ1) is 23.4. The lowest BCUT2D eigenvalue weighted by Crippen LogP contribution is -2.20. The largest absolute Gasteiger partial charge is 0.329 e. The molecule has 0 aliphatic heterocycles. The van der Waals surface area contributed by atoms with Crippen LogP contribution in [0.5, 0.6) is 0 Å². The standard InChI is InChI=1S/C23H21BrClFN6S/c1-14-21(15(2)32(29-14)11-16-7-4-3-5-8-16)27-23(33)28-22-18(24)13-31(30-22)12-17-19(25)9-6-10-20(17)26/h3-10,13H,11-12H2,1-2H3,(H2,27,28,30,33). The number of halogens is 3. The van der Waals surface area contributed by atoms with Gasteiger partial charge in [-0.05, 0) is 59.7 Å². The minimum atomic E-state index is -0.376. The Kier molecular flexibility index (Phi) is 7.11. The van der Waals surface area contributed by atoms with Crippen molar-refractivity contribution in [2.45, 2.75) is 26.9 Å². The van der Waals surface area contributed by atoms with Crippen LogP contribution in [0.2, 0.25) is 5.02 Å². The quantitative estimate of drug-likeness (QED) is 0.283. The van der Waals surface area contributed by atoms with Crippen LogP contribution in [0, 0.1) is 19.7 Å². The summed E-state index contributed by atoms with van der Waals surface area (Å²) in [5.41, 5.74) is 4.20. The first-order chi connectivity index (χ1) is 15.8. The Hall–Kier alpha value is -2.75. The molecule has 0 aliphatic carbocycles. The number of hydrogen-bond donors (Lipinski definition) is 2. The second-order valence-corrected chi connectivity index (χ2v) is 9.16. The highest BCUT2D eigenvalue weighted by Crippen LogP contribution is 2.25. The van der Waals surface area contributed by atoms with Crippen LogP contribution in [0.1, 0.15) is 22.5 Å². The Morgan fingerprint density at radius 1 is 1.06 bits per heavy atom. The normalized spacial score (nSPS) is 10.9. The van der Waals surface area contributed by atoms with E-state index in [1.807, 2.05) is 36.7 Å². The molecule has 0 saturated heterocycles. The summed E-state index contributed by atoms with van der Waals surface area (Å²) in [7, 11) is 0. The summed E-state index contributed by atoms with van der Waals surface area (Å²) < 4.78 is 18.3. The summed E-state index contributed by atoms with van der Waals surface area (Å²) in [6, 6.07) is 14.7. The molecule has 0 aliphatic rings. The topological polar surface area (TPSA) is 59.7 Å². The summed E-state index contributed by atoms with van der Waals surface area (Å²) in [5.74, 6) is 0.131. The zero-order valence-electron chi connectivity index (χ0n) is 17.9. The molecule has 4 rings (SSSR count). The maximum atomic E-state index is 14.1. The van der Waals surface area contributed by atoms with E-state index in [-0.39, 0.29) is 12.4 Å². The Balaban J connectivity index is 1.45. The fourth-order valence-corrected chi connectivity index (χ4v) is 4.28. The summed E-state index contributed by atoms with van der Waals surface area (Å²) >= 11 is 15.1. The van der Waals surface area contributed by atoms with E-state index in [9.17, 15) is 4.39 Å². The molecule has 10 heteroatoms. The minimum absolute atomic E-state index is 0.191. The number of nitrogens with one attached hydrogen (secondary N) is 2. The first-order valence-electron chi connectivity index (χ1n) is 10.1. The number of benzene rings is 2. The van der Waals surface area contributed by atoms with Crippen LogP contribution in [0.3, 0.4) is 0 Å². The Morgan fingerprint density at radius 3 is 2.55 bits per heavy atom. The molecule has 2 N–H and O–H groups in total. The van der Waals surface area contributed by atoms with Gasteiger partial charge in [0.25, 0.3) is 0 Å². The summed E-state index contributed by atoms with van der Waals surface area (Å²) in [4.78, 5) is 0. The third-order valence-corrected chi connectivity index (χ3v) is 6.26. The van der Waals surface area contributed by atoms with Crippen LogP contribution < -0.4 is 10.6 Å². The lowest BCUT2D eigenvalue weighted by atomic mass is 10.2. The molecule has 0 atom stereocenters. The molecule has 2 heterocycles. The summed E-state index contributed by atoms with van der Waals surface area (Å²) in [6.45, 7) is 4.79. The van der Waals surface area contributed by atoms with Crippen molar-refractivity contribution >= 4 is 56.4 Å². The van der Waals surface area contributed by atoms with Crippen LogP contribution in [0.25, 0.3) is 0 Å². The number of hydrogen-bond acceptors (Lipinski definition) is 3. The molecular formula is C23H21BrClFN6S. The molecule has 0 bridgehead atoms. The van der Waals surface area contributed by atoms with Crippen molar-refractivity contribution in [3.8, 4) is 0 Å². The van der Waals surface area contributed by atoms with Crippen LogP contribution in [0.15, 0.2) is 59.2 Å². The highest BCUT2D eigenvalue weighted by molar-refractivity contribution is 9.10. The van der Waals surface area contributed by atoms with Gasteiger partial charge in [0.1, 0.15) is 5.82 Å². The SMILES string of the molecule is Cc1nn(Cc2ccccc2)c(C)c1NC(=S)Nc1nn(Cc2c(F)cccc2Cl)cc1Br. The van der Waals surface area contributed by atoms with Crippen molar-refractivity contribution in [1.82, 2.24) is 19.6 Å². The smallest absolute Gasteiger partial charge is 0.176 e. The van der Waals surface area contributed by atoms with E-state index in [4.69, 9.17) is 23.8 Å².